The molecule has 18 heavy (non-hydrogen) atoms. The maximum absolute atomic E-state index is 9.46. The smallest absolute Gasteiger partial charge is 0.0931 e. The lowest BCUT2D eigenvalue weighted by Crippen LogP contribution is -2.51. The van der Waals surface area contributed by atoms with Gasteiger partial charge in [-0.15, -0.1) is 0 Å². The van der Waals surface area contributed by atoms with Gasteiger partial charge in [0, 0.05) is 25.7 Å². The van der Waals surface area contributed by atoms with E-state index in [4.69, 9.17) is 0 Å². The van der Waals surface area contributed by atoms with Crippen LogP contribution < -0.4 is 4.90 Å². The van der Waals surface area contributed by atoms with Gasteiger partial charge in [-0.2, -0.15) is 0 Å². The third-order valence-electron chi connectivity index (χ3n) is 3.81. The Hall–Kier alpha value is -1.13. The molecule has 0 aliphatic carbocycles. The topological polar surface area (TPSA) is 39.6 Å². The van der Waals surface area contributed by atoms with Crippen LogP contribution in [0.15, 0.2) is 18.3 Å². The van der Waals surface area contributed by atoms with Gasteiger partial charge in [-0.05, 0) is 32.5 Å². The molecule has 0 radical (unpaired) electrons. The third-order valence-corrected chi connectivity index (χ3v) is 3.81. The fourth-order valence-electron chi connectivity index (χ4n) is 2.45. The Morgan fingerprint density at radius 3 is 2.78 bits per heavy atom. The Kier molecular flexibility index (Phi) is 4.19. The largest absolute Gasteiger partial charge is 0.387 e. The fourth-order valence-corrected chi connectivity index (χ4v) is 2.45. The molecule has 1 N–H and O–H groups in total. The van der Waals surface area contributed by atoms with E-state index in [-0.39, 0.29) is 0 Å². The van der Waals surface area contributed by atoms with Crippen LogP contribution in [0, 0.1) is 0 Å². The van der Waals surface area contributed by atoms with Gasteiger partial charge < -0.3 is 10.0 Å². The van der Waals surface area contributed by atoms with Gasteiger partial charge in [0.15, 0.2) is 0 Å². The minimum Gasteiger partial charge on any atom is -0.387 e. The summed E-state index contributed by atoms with van der Waals surface area (Å²) in [5, 5.41) is 9.46. The van der Waals surface area contributed by atoms with E-state index in [9.17, 15) is 5.11 Å². The van der Waals surface area contributed by atoms with Gasteiger partial charge in [0.2, 0.25) is 0 Å². The van der Waals surface area contributed by atoms with Crippen LogP contribution in [0.25, 0.3) is 0 Å². The summed E-state index contributed by atoms with van der Waals surface area (Å²) in [6.45, 7) is 7.17. The van der Waals surface area contributed by atoms with E-state index < -0.39 is 6.10 Å². The number of rotatable bonds is 3. The highest BCUT2D eigenvalue weighted by Crippen LogP contribution is 2.20. The van der Waals surface area contributed by atoms with Gasteiger partial charge in [0.05, 0.1) is 23.7 Å². The van der Waals surface area contributed by atoms with Crippen LogP contribution in [-0.2, 0) is 0 Å². The number of aliphatic hydroxyl groups is 1. The second-order valence-electron chi connectivity index (χ2n) is 5.11. The second kappa shape index (κ2) is 5.67. The van der Waals surface area contributed by atoms with Crippen molar-refractivity contribution in [3.63, 3.8) is 0 Å². The van der Waals surface area contributed by atoms with Gasteiger partial charge in [-0.1, -0.05) is 6.92 Å². The van der Waals surface area contributed by atoms with Crippen molar-refractivity contribution >= 4 is 5.69 Å². The number of anilines is 1. The molecule has 0 bridgehead atoms. The summed E-state index contributed by atoms with van der Waals surface area (Å²) < 4.78 is 0. The van der Waals surface area contributed by atoms with E-state index in [2.05, 4.69) is 34.8 Å². The molecule has 4 heteroatoms. The van der Waals surface area contributed by atoms with Crippen LogP contribution in [-0.4, -0.2) is 47.7 Å². The first-order chi connectivity index (χ1) is 8.61. The number of hydrogen-bond acceptors (Lipinski definition) is 4. The summed E-state index contributed by atoms with van der Waals surface area (Å²) in [7, 11) is 2.19. The molecule has 1 aliphatic heterocycles. The molecule has 100 valence electrons. The van der Waals surface area contributed by atoms with Gasteiger partial charge in [-0.3, -0.25) is 9.88 Å². The zero-order valence-electron chi connectivity index (χ0n) is 11.5. The lowest BCUT2D eigenvalue weighted by molar-refractivity contribution is 0.194. The molecule has 0 spiro atoms. The molecule has 0 amide bonds. The molecular formula is C14H23N3O. The van der Waals surface area contributed by atoms with E-state index in [1.165, 1.54) is 6.42 Å². The first kappa shape index (κ1) is 13.3. The number of hydrogen-bond donors (Lipinski definition) is 1. The van der Waals surface area contributed by atoms with Crippen LogP contribution in [0.3, 0.4) is 0 Å². The number of nitrogens with zero attached hydrogens (tertiary/aromatic N) is 3. The Morgan fingerprint density at radius 1 is 1.44 bits per heavy atom. The lowest BCUT2D eigenvalue weighted by Gasteiger charge is -2.40. The zero-order chi connectivity index (χ0) is 13.1. The summed E-state index contributed by atoms with van der Waals surface area (Å²) in [5.41, 5.74) is 1.89. The lowest BCUT2D eigenvalue weighted by atomic mass is 10.1. The van der Waals surface area contributed by atoms with E-state index in [1.807, 2.05) is 12.3 Å². The van der Waals surface area contributed by atoms with Crippen molar-refractivity contribution in [3.05, 3.63) is 24.0 Å². The minimum absolute atomic E-state index is 0.491. The first-order valence-electron chi connectivity index (χ1n) is 6.71. The highest BCUT2D eigenvalue weighted by atomic mass is 16.3. The molecule has 1 aliphatic rings. The Bertz CT molecular complexity index is 377. The quantitative estimate of drug-likeness (QED) is 0.884. The highest BCUT2D eigenvalue weighted by Gasteiger charge is 2.23. The van der Waals surface area contributed by atoms with E-state index >= 15 is 0 Å². The molecule has 1 aromatic heterocycles. The van der Waals surface area contributed by atoms with Crippen LogP contribution in [0.1, 0.15) is 32.1 Å². The minimum atomic E-state index is -0.491. The SMILES string of the molecule is CCC1CN(c2ccc([C@@H](C)O)nc2)CCN1C. The van der Waals surface area contributed by atoms with Crippen molar-refractivity contribution in [1.29, 1.82) is 0 Å². The van der Waals surface area contributed by atoms with E-state index in [1.54, 1.807) is 6.92 Å². The molecule has 4 nitrogen and oxygen atoms in total. The molecule has 1 saturated heterocycles. The Labute approximate surface area is 109 Å². The van der Waals surface area contributed by atoms with Crippen molar-refractivity contribution < 1.29 is 5.11 Å². The fraction of sp³-hybridized carbons (Fsp3) is 0.643. The number of piperazine rings is 1. The van der Waals surface area contributed by atoms with Crippen molar-refractivity contribution in [3.8, 4) is 0 Å². The molecule has 1 aromatic rings. The average molecular weight is 249 g/mol. The number of pyridine rings is 1. The number of aromatic nitrogens is 1. The van der Waals surface area contributed by atoms with Crippen molar-refractivity contribution in [2.24, 2.45) is 0 Å². The number of aliphatic hydroxyl groups excluding tert-OH is 1. The van der Waals surface area contributed by atoms with Crippen molar-refractivity contribution in [2.45, 2.75) is 32.4 Å². The molecule has 2 heterocycles. The Balaban J connectivity index is 2.07. The van der Waals surface area contributed by atoms with Gasteiger partial charge in [0.1, 0.15) is 0 Å². The standard InChI is InChI=1S/C14H23N3O/c1-4-12-10-17(8-7-16(12)3)13-5-6-14(11(2)18)15-9-13/h5-6,9,11-12,18H,4,7-8,10H2,1-3H3/t11-,12?/m1/s1. The normalized spacial score (nSPS) is 23.1. The highest BCUT2D eigenvalue weighted by molar-refractivity contribution is 5.45. The molecule has 1 unspecified atom stereocenters. The zero-order valence-corrected chi connectivity index (χ0v) is 11.5. The molecule has 0 aromatic carbocycles. The van der Waals surface area contributed by atoms with Gasteiger partial charge >= 0.3 is 0 Å². The summed E-state index contributed by atoms with van der Waals surface area (Å²) in [6.07, 6.45) is 2.56. The summed E-state index contributed by atoms with van der Waals surface area (Å²) >= 11 is 0. The van der Waals surface area contributed by atoms with Crippen LogP contribution in [0.5, 0.6) is 0 Å². The van der Waals surface area contributed by atoms with Crippen LogP contribution in [0.2, 0.25) is 0 Å². The predicted octanol–water partition coefficient (Wildman–Crippen LogP) is 1.67. The van der Waals surface area contributed by atoms with Crippen LogP contribution >= 0.6 is 0 Å². The summed E-state index contributed by atoms with van der Waals surface area (Å²) in [4.78, 5) is 9.12. The first-order valence-corrected chi connectivity index (χ1v) is 6.71. The maximum atomic E-state index is 9.46. The molecular weight excluding hydrogens is 226 g/mol. The van der Waals surface area contributed by atoms with E-state index in [0.29, 0.717) is 6.04 Å². The van der Waals surface area contributed by atoms with E-state index in [0.717, 1.165) is 31.0 Å². The van der Waals surface area contributed by atoms with Crippen LogP contribution in [0.4, 0.5) is 5.69 Å². The summed E-state index contributed by atoms with van der Waals surface area (Å²) in [6, 6.07) is 4.60. The van der Waals surface area contributed by atoms with Gasteiger partial charge in [-0.25, -0.2) is 0 Å². The predicted molar refractivity (Wildman–Crippen MR) is 73.8 cm³/mol. The van der Waals surface area contributed by atoms with Gasteiger partial charge in [0.25, 0.3) is 0 Å². The molecule has 2 atom stereocenters. The van der Waals surface area contributed by atoms with Crippen molar-refractivity contribution in [1.82, 2.24) is 9.88 Å². The maximum Gasteiger partial charge on any atom is 0.0931 e. The Morgan fingerprint density at radius 2 is 2.22 bits per heavy atom. The second-order valence-corrected chi connectivity index (χ2v) is 5.11. The third kappa shape index (κ3) is 2.82. The molecule has 0 saturated carbocycles. The van der Waals surface area contributed by atoms with Crippen molar-refractivity contribution in [2.75, 3.05) is 31.6 Å². The average Bonchev–Trinajstić information content (AvgIpc) is 2.39. The monoisotopic (exact) mass is 249 g/mol. The molecule has 1 fully saturated rings. The summed E-state index contributed by atoms with van der Waals surface area (Å²) in [5.74, 6) is 0. The molecule has 2 rings (SSSR count). The number of likely N-dealkylation sites (N-methyl/N-ethyl adjacent to an activating group) is 1.